The Morgan fingerprint density at radius 2 is 1.71 bits per heavy atom. The summed E-state index contributed by atoms with van der Waals surface area (Å²) in [6.45, 7) is 5.58. The maximum absolute atomic E-state index is 11.7. The Morgan fingerprint density at radius 3 is 2.14 bits per heavy atom. The van der Waals surface area contributed by atoms with E-state index in [1.807, 2.05) is 20.8 Å². The molecule has 2 aromatic rings. The van der Waals surface area contributed by atoms with Gasteiger partial charge in [-0.15, -0.1) is 10.2 Å². The maximum Gasteiger partial charge on any atom is 0.273 e. The van der Waals surface area contributed by atoms with Gasteiger partial charge in [-0.2, -0.15) is 0 Å². The summed E-state index contributed by atoms with van der Waals surface area (Å²) in [5, 5.41) is 12.7. The molecular weight excluding hydrogens is 292 g/mol. The highest BCUT2D eigenvalue weighted by molar-refractivity contribution is 7.89. The molecule has 0 radical (unpaired) electrons. The van der Waals surface area contributed by atoms with Crippen molar-refractivity contribution in [3.63, 3.8) is 0 Å². The Labute approximate surface area is 123 Å². The zero-order chi connectivity index (χ0) is 15.8. The lowest BCUT2D eigenvalue weighted by molar-refractivity contribution is 0.366. The summed E-state index contributed by atoms with van der Waals surface area (Å²) in [5.41, 5.74) is 0.189. The van der Waals surface area contributed by atoms with E-state index in [0.717, 1.165) is 5.56 Å². The second-order valence-corrected chi connectivity index (χ2v) is 7.04. The Balaban J connectivity index is 2.67. The fourth-order valence-electron chi connectivity index (χ4n) is 1.99. The van der Waals surface area contributed by atoms with E-state index >= 15 is 0 Å². The van der Waals surface area contributed by atoms with Crippen molar-refractivity contribution in [3.8, 4) is 17.1 Å². The Kier molecular flexibility index (Phi) is 3.77. The molecule has 1 aromatic carbocycles. The summed E-state index contributed by atoms with van der Waals surface area (Å²) in [6, 6.07) is 7.12. The lowest BCUT2D eigenvalue weighted by Crippen LogP contribution is -2.29. The van der Waals surface area contributed by atoms with Crippen molar-refractivity contribution >= 4 is 10.0 Å². The molecule has 0 saturated heterocycles. The lowest BCUT2D eigenvalue weighted by Gasteiger charge is -2.24. The second-order valence-electron chi connectivity index (χ2n) is 5.59. The Hall–Kier alpha value is -1.93. The smallest absolute Gasteiger partial charge is 0.273 e. The number of sulfonamides is 1. The SMILES string of the molecule is COc1ccc(-c2nnc(S(N)(=O)=O)n2C(C)(C)C)cc1. The number of hydrogen-bond donors (Lipinski definition) is 1. The number of ether oxygens (including phenoxy) is 1. The molecule has 0 amide bonds. The number of nitrogens with zero attached hydrogens (tertiary/aromatic N) is 3. The van der Waals surface area contributed by atoms with Gasteiger partial charge in [-0.1, -0.05) is 0 Å². The van der Waals surface area contributed by atoms with Crippen LogP contribution in [0.25, 0.3) is 11.4 Å². The number of primary sulfonamides is 1. The van der Waals surface area contributed by atoms with Crippen LogP contribution in [0.3, 0.4) is 0 Å². The third-order valence-electron chi connectivity index (χ3n) is 2.91. The van der Waals surface area contributed by atoms with Gasteiger partial charge in [0.1, 0.15) is 5.75 Å². The zero-order valence-electron chi connectivity index (χ0n) is 12.4. The van der Waals surface area contributed by atoms with Gasteiger partial charge in [0.25, 0.3) is 15.2 Å². The Morgan fingerprint density at radius 1 is 1.14 bits per heavy atom. The largest absolute Gasteiger partial charge is 0.497 e. The van der Waals surface area contributed by atoms with Crippen LogP contribution >= 0.6 is 0 Å². The molecule has 0 unspecified atom stereocenters. The van der Waals surface area contributed by atoms with Crippen LogP contribution in [0.2, 0.25) is 0 Å². The fraction of sp³-hybridized carbons (Fsp3) is 0.385. The van der Waals surface area contributed by atoms with Crippen molar-refractivity contribution in [1.82, 2.24) is 14.8 Å². The van der Waals surface area contributed by atoms with E-state index in [9.17, 15) is 8.42 Å². The molecule has 0 aliphatic rings. The van der Waals surface area contributed by atoms with Crippen molar-refractivity contribution in [2.45, 2.75) is 31.5 Å². The van der Waals surface area contributed by atoms with Gasteiger partial charge < -0.3 is 4.74 Å². The molecule has 8 heteroatoms. The zero-order valence-corrected chi connectivity index (χ0v) is 13.2. The first-order valence-electron chi connectivity index (χ1n) is 6.27. The number of aromatic nitrogens is 3. The summed E-state index contributed by atoms with van der Waals surface area (Å²) in [5.74, 6) is 1.14. The van der Waals surface area contributed by atoms with Crippen molar-refractivity contribution in [2.75, 3.05) is 7.11 Å². The molecule has 1 aromatic heterocycles. The van der Waals surface area contributed by atoms with Crippen LogP contribution < -0.4 is 9.88 Å². The van der Waals surface area contributed by atoms with E-state index in [1.165, 1.54) is 4.57 Å². The lowest BCUT2D eigenvalue weighted by atomic mass is 10.1. The van der Waals surface area contributed by atoms with E-state index in [2.05, 4.69) is 10.2 Å². The number of benzene rings is 1. The van der Waals surface area contributed by atoms with Crippen molar-refractivity contribution in [3.05, 3.63) is 24.3 Å². The van der Waals surface area contributed by atoms with Crippen molar-refractivity contribution in [1.29, 1.82) is 0 Å². The van der Waals surface area contributed by atoms with Gasteiger partial charge in [-0.25, -0.2) is 13.6 Å². The van der Waals surface area contributed by atoms with Gasteiger partial charge in [0.05, 0.1) is 7.11 Å². The summed E-state index contributed by atoms with van der Waals surface area (Å²) in [7, 11) is -2.38. The minimum Gasteiger partial charge on any atom is -0.497 e. The van der Waals surface area contributed by atoms with Crippen LogP contribution in [0.1, 0.15) is 20.8 Å². The first-order chi connectivity index (χ1) is 9.64. The third kappa shape index (κ3) is 3.06. The van der Waals surface area contributed by atoms with E-state index in [-0.39, 0.29) is 5.16 Å². The number of rotatable bonds is 3. The third-order valence-corrected chi connectivity index (χ3v) is 3.68. The standard InChI is InChI=1S/C13H18N4O3S/c1-13(2,3)17-11(15-16-12(17)21(14,18)19)9-5-7-10(20-4)8-6-9/h5-8H,1-4H3,(H2,14,18,19). The molecule has 0 bridgehead atoms. The number of methoxy groups -OCH3 is 1. The minimum absolute atomic E-state index is 0.249. The van der Waals surface area contributed by atoms with Gasteiger partial charge in [0, 0.05) is 11.1 Å². The van der Waals surface area contributed by atoms with Crippen molar-refractivity contribution < 1.29 is 13.2 Å². The molecule has 0 saturated carbocycles. The van der Waals surface area contributed by atoms with Crippen LogP contribution in [0.5, 0.6) is 5.75 Å². The summed E-state index contributed by atoms with van der Waals surface area (Å²) >= 11 is 0. The van der Waals surface area contributed by atoms with E-state index in [1.54, 1.807) is 31.4 Å². The quantitative estimate of drug-likeness (QED) is 0.922. The molecule has 0 aliphatic carbocycles. The van der Waals surface area contributed by atoms with Crippen molar-refractivity contribution in [2.24, 2.45) is 5.14 Å². The number of hydrogen-bond acceptors (Lipinski definition) is 5. The highest BCUT2D eigenvalue weighted by atomic mass is 32.2. The molecule has 0 spiro atoms. The highest BCUT2D eigenvalue weighted by Crippen LogP contribution is 2.28. The van der Waals surface area contributed by atoms with E-state index < -0.39 is 15.6 Å². The molecule has 114 valence electrons. The average molecular weight is 310 g/mol. The minimum atomic E-state index is -3.95. The molecule has 0 aliphatic heterocycles. The van der Waals surface area contributed by atoms with Gasteiger partial charge in [-0.3, -0.25) is 4.57 Å². The summed E-state index contributed by atoms with van der Waals surface area (Å²) in [4.78, 5) is 0. The molecule has 7 nitrogen and oxygen atoms in total. The highest BCUT2D eigenvalue weighted by Gasteiger charge is 2.29. The summed E-state index contributed by atoms with van der Waals surface area (Å²) < 4.78 is 30.0. The summed E-state index contributed by atoms with van der Waals surface area (Å²) in [6.07, 6.45) is 0. The van der Waals surface area contributed by atoms with Crippen LogP contribution in [0, 0.1) is 0 Å². The first kappa shape index (κ1) is 15.5. The predicted octanol–water partition coefficient (Wildman–Crippen LogP) is 1.36. The van der Waals surface area contributed by atoms with Crippen LogP contribution in [0.4, 0.5) is 0 Å². The van der Waals surface area contributed by atoms with E-state index in [4.69, 9.17) is 9.88 Å². The van der Waals surface area contributed by atoms with E-state index in [0.29, 0.717) is 11.6 Å². The van der Waals surface area contributed by atoms with Crippen LogP contribution in [-0.2, 0) is 15.6 Å². The molecule has 21 heavy (non-hydrogen) atoms. The second kappa shape index (κ2) is 5.12. The molecule has 0 atom stereocenters. The normalized spacial score (nSPS) is 12.4. The van der Waals surface area contributed by atoms with Gasteiger partial charge in [0.2, 0.25) is 0 Å². The molecule has 1 heterocycles. The molecule has 0 fully saturated rings. The monoisotopic (exact) mass is 310 g/mol. The van der Waals surface area contributed by atoms with Gasteiger partial charge in [-0.05, 0) is 45.0 Å². The molecule has 2 rings (SSSR count). The topological polar surface area (TPSA) is 100 Å². The maximum atomic E-state index is 11.7. The Bertz CT molecular complexity index is 743. The van der Waals surface area contributed by atoms with Crippen LogP contribution in [-0.4, -0.2) is 30.3 Å². The first-order valence-corrected chi connectivity index (χ1v) is 7.82. The average Bonchev–Trinajstić information content (AvgIpc) is 2.83. The molecular formula is C13H18N4O3S. The van der Waals surface area contributed by atoms with Gasteiger partial charge >= 0.3 is 0 Å². The number of nitrogens with two attached hydrogens (primary N) is 1. The molecule has 2 N–H and O–H groups in total. The fourth-order valence-corrected chi connectivity index (χ4v) is 2.76. The van der Waals surface area contributed by atoms with Crippen LogP contribution in [0.15, 0.2) is 29.4 Å². The van der Waals surface area contributed by atoms with Gasteiger partial charge in [0.15, 0.2) is 5.82 Å². The predicted molar refractivity (Wildman–Crippen MR) is 78.4 cm³/mol.